The molecule has 2 rings (SSSR count). The fraction of sp³-hybridized carbons (Fsp3) is 0.692. The van der Waals surface area contributed by atoms with Gasteiger partial charge in [-0.1, -0.05) is 20.8 Å². The van der Waals surface area contributed by atoms with Crippen LogP contribution in [0.25, 0.3) is 0 Å². The van der Waals surface area contributed by atoms with E-state index in [0.717, 1.165) is 31.3 Å². The summed E-state index contributed by atoms with van der Waals surface area (Å²) in [6, 6.07) is 1.99. The van der Waals surface area contributed by atoms with Gasteiger partial charge in [0.05, 0.1) is 5.69 Å². The summed E-state index contributed by atoms with van der Waals surface area (Å²) in [5.74, 6) is 1.46. The van der Waals surface area contributed by atoms with E-state index in [4.69, 9.17) is 0 Å². The van der Waals surface area contributed by atoms with Gasteiger partial charge in [-0.05, 0) is 31.5 Å². The van der Waals surface area contributed by atoms with Crippen LogP contribution in [0.4, 0.5) is 5.95 Å². The zero-order chi connectivity index (χ0) is 12.3. The highest BCUT2D eigenvalue weighted by molar-refractivity contribution is 5.27. The second-order valence-electron chi connectivity index (χ2n) is 5.76. The minimum atomic E-state index is 0.0777. The van der Waals surface area contributed by atoms with Gasteiger partial charge in [-0.3, -0.25) is 0 Å². The average Bonchev–Trinajstić information content (AvgIpc) is 2.78. The number of rotatable bonds is 3. The molecule has 0 amide bonds. The van der Waals surface area contributed by atoms with Gasteiger partial charge >= 0.3 is 0 Å². The molecule has 1 aliphatic heterocycles. The summed E-state index contributed by atoms with van der Waals surface area (Å²) in [5, 5.41) is 6.70. The number of aromatic nitrogens is 2. The first-order chi connectivity index (χ1) is 8.05. The summed E-state index contributed by atoms with van der Waals surface area (Å²) in [7, 11) is 0. The van der Waals surface area contributed by atoms with E-state index in [1.54, 1.807) is 0 Å². The maximum atomic E-state index is 4.56. The van der Waals surface area contributed by atoms with Crippen molar-refractivity contribution in [3.8, 4) is 0 Å². The molecule has 1 atom stereocenters. The molecular formula is C13H22N4. The van der Waals surface area contributed by atoms with E-state index in [9.17, 15) is 0 Å². The first-order valence-corrected chi connectivity index (χ1v) is 6.34. The molecule has 1 aromatic heterocycles. The number of hydrogen-bond donors (Lipinski definition) is 2. The third kappa shape index (κ3) is 3.40. The van der Waals surface area contributed by atoms with E-state index in [-0.39, 0.29) is 5.41 Å². The van der Waals surface area contributed by atoms with Crippen molar-refractivity contribution in [2.75, 3.05) is 25.0 Å². The summed E-state index contributed by atoms with van der Waals surface area (Å²) >= 11 is 0. The predicted octanol–water partition coefficient (Wildman–Crippen LogP) is 1.80. The molecule has 2 N–H and O–H groups in total. The van der Waals surface area contributed by atoms with Crippen molar-refractivity contribution in [1.29, 1.82) is 0 Å². The first-order valence-electron chi connectivity index (χ1n) is 6.34. The minimum Gasteiger partial charge on any atom is -0.354 e. The molecule has 2 heterocycles. The van der Waals surface area contributed by atoms with Gasteiger partial charge in [-0.2, -0.15) is 0 Å². The van der Waals surface area contributed by atoms with E-state index in [2.05, 4.69) is 41.4 Å². The zero-order valence-corrected chi connectivity index (χ0v) is 11.0. The molecule has 4 heteroatoms. The second-order valence-corrected chi connectivity index (χ2v) is 5.76. The van der Waals surface area contributed by atoms with Gasteiger partial charge in [0.2, 0.25) is 5.95 Å². The van der Waals surface area contributed by atoms with E-state index in [1.807, 2.05) is 12.3 Å². The molecule has 0 aliphatic carbocycles. The van der Waals surface area contributed by atoms with Gasteiger partial charge in [0, 0.05) is 18.2 Å². The van der Waals surface area contributed by atoms with Gasteiger partial charge in [0.1, 0.15) is 0 Å². The number of nitrogens with one attached hydrogen (secondary N) is 2. The summed E-state index contributed by atoms with van der Waals surface area (Å²) in [4.78, 5) is 8.83. The highest BCUT2D eigenvalue weighted by Crippen LogP contribution is 2.20. The lowest BCUT2D eigenvalue weighted by molar-refractivity contribution is 0.565. The fourth-order valence-corrected chi connectivity index (χ4v) is 1.99. The third-order valence-corrected chi connectivity index (χ3v) is 3.14. The zero-order valence-electron chi connectivity index (χ0n) is 11.0. The van der Waals surface area contributed by atoms with E-state index in [0.29, 0.717) is 5.92 Å². The van der Waals surface area contributed by atoms with Crippen LogP contribution < -0.4 is 10.6 Å². The molecule has 0 bridgehead atoms. The topological polar surface area (TPSA) is 49.8 Å². The van der Waals surface area contributed by atoms with Crippen LogP contribution in [0.1, 0.15) is 32.9 Å². The lowest BCUT2D eigenvalue weighted by atomic mass is 9.92. The molecule has 0 radical (unpaired) electrons. The largest absolute Gasteiger partial charge is 0.354 e. The molecule has 1 saturated heterocycles. The highest BCUT2D eigenvalue weighted by atomic mass is 15.1. The standard InChI is InChI=1S/C13H22N4/c1-13(2,3)11-5-7-15-12(17-11)16-9-10-4-6-14-8-10/h5,7,10,14H,4,6,8-9H2,1-3H3,(H,15,16,17). The Balaban J connectivity index is 1.96. The smallest absolute Gasteiger partial charge is 0.222 e. The van der Waals surface area contributed by atoms with Crippen LogP contribution in [0.15, 0.2) is 12.3 Å². The molecule has 94 valence electrons. The van der Waals surface area contributed by atoms with Crippen LogP contribution in [0, 0.1) is 5.92 Å². The van der Waals surface area contributed by atoms with Crippen molar-refractivity contribution in [2.45, 2.75) is 32.6 Å². The van der Waals surface area contributed by atoms with E-state index >= 15 is 0 Å². The number of anilines is 1. The molecule has 1 aliphatic rings. The summed E-state index contributed by atoms with van der Waals surface area (Å²) in [6.07, 6.45) is 3.08. The van der Waals surface area contributed by atoms with Crippen LogP contribution in [0.5, 0.6) is 0 Å². The maximum Gasteiger partial charge on any atom is 0.222 e. The average molecular weight is 234 g/mol. The van der Waals surface area contributed by atoms with Gasteiger partial charge < -0.3 is 10.6 Å². The molecule has 0 aromatic carbocycles. The van der Waals surface area contributed by atoms with Crippen molar-refractivity contribution < 1.29 is 0 Å². The lowest BCUT2D eigenvalue weighted by Crippen LogP contribution is -2.20. The molecule has 1 aromatic rings. The van der Waals surface area contributed by atoms with Gasteiger partial charge in [-0.25, -0.2) is 9.97 Å². The summed E-state index contributed by atoms with van der Waals surface area (Å²) in [6.45, 7) is 9.70. The maximum absolute atomic E-state index is 4.56. The molecule has 4 nitrogen and oxygen atoms in total. The van der Waals surface area contributed by atoms with Gasteiger partial charge in [-0.15, -0.1) is 0 Å². The third-order valence-electron chi connectivity index (χ3n) is 3.14. The molecule has 1 unspecified atom stereocenters. The van der Waals surface area contributed by atoms with Crippen molar-refractivity contribution in [2.24, 2.45) is 5.92 Å². The molecular weight excluding hydrogens is 212 g/mol. The number of nitrogens with zero attached hydrogens (tertiary/aromatic N) is 2. The quantitative estimate of drug-likeness (QED) is 0.837. The molecule has 17 heavy (non-hydrogen) atoms. The van der Waals surface area contributed by atoms with Gasteiger partial charge in [0.15, 0.2) is 0 Å². The Morgan fingerprint density at radius 3 is 2.94 bits per heavy atom. The monoisotopic (exact) mass is 234 g/mol. The summed E-state index contributed by atoms with van der Waals surface area (Å²) < 4.78 is 0. The second kappa shape index (κ2) is 5.00. The molecule has 0 spiro atoms. The van der Waals surface area contributed by atoms with Crippen LogP contribution in [0.3, 0.4) is 0 Å². The highest BCUT2D eigenvalue weighted by Gasteiger charge is 2.17. The lowest BCUT2D eigenvalue weighted by Gasteiger charge is -2.18. The number of hydrogen-bond acceptors (Lipinski definition) is 4. The predicted molar refractivity (Wildman–Crippen MR) is 70.2 cm³/mol. The van der Waals surface area contributed by atoms with Crippen molar-refractivity contribution in [3.63, 3.8) is 0 Å². The Morgan fingerprint density at radius 2 is 2.29 bits per heavy atom. The van der Waals surface area contributed by atoms with Gasteiger partial charge in [0.25, 0.3) is 0 Å². The SMILES string of the molecule is CC(C)(C)c1ccnc(NCC2CCNC2)n1. The van der Waals surface area contributed by atoms with Crippen LogP contribution in [-0.4, -0.2) is 29.6 Å². The normalized spacial score (nSPS) is 20.5. The van der Waals surface area contributed by atoms with Crippen LogP contribution >= 0.6 is 0 Å². The Hall–Kier alpha value is -1.16. The molecule has 1 fully saturated rings. The van der Waals surface area contributed by atoms with Crippen LogP contribution in [0.2, 0.25) is 0 Å². The Kier molecular flexibility index (Phi) is 3.62. The Morgan fingerprint density at radius 1 is 1.47 bits per heavy atom. The summed E-state index contributed by atoms with van der Waals surface area (Å²) in [5.41, 5.74) is 1.16. The van der Waals surface area contributed by atoms with E-state index < -0.39 is 0 Å². The van der Waals surface area contributed by atoms with Crippen molar-refractivity contribution >= 4 is 5.95 Å². The minimum absolute atomic E-state index is 0.0777. The van der Waals surface area contributed by atoms with Crippen LogP contribution in [-0.2, 0) is 5.41 Å². The first kappa shape index (κ1) is 12.3. The Bertz CT molecular complexity index is 364. The van der Waals surface area contributed by atoms with Crippen molar-refractivity contribution in [1.82, 2.24) is 15.3 Å². The van der Waals surface area contributed by atoms with E-state index in [1.165, 1.54) is 6.42 Å². The van der Waals surface area contributed by atoms with Crippen molar-refractivity contribution in [3.05, 3.63) is 18.0 Å². The Labute approximate surface area is 103 Å². The fourth-order valence-electron chi connectivity index (χ4n) is 1.99. The molecule has 0 saturated carbocycles.